The minimum Gasteiger partial charge on any atom is -0.457 e. The van der Waals surface area contributed by atoms with E-state index in [-0.39, 0.29) is 17.2 Å². The number of amides is 2. The minimum atomic E-state index is -0.498. The average Bonchev–Trinajstić information content (AvgIpc) is 3.50. The second-order valence-electron chi connectivity index (χ2n) is 8.43. The first-order chi connectivity index (χ1) is 15.0. The average molecular weight is 412 g/mol. The summed E-state index contributed by atoms with van der Waals surface area (Å²) in [6.45, 7) is 0. The van der Waals surface area contributed by atoms with Gasteiger partial charge in [-0.15, -0.1) is 0 Å². The van der Waals surface area contributed by atoms with Gasteiger partial charge in [0.05, 0.1) is 0 Å². The van der Waals surface area contributed by atoms with Crippen LogP contribution < -0.4 is 15.8 Å². The maximum absolute atomic E-state index is 12.9. The molecule has 0 heterocycles. The Morgan fingerprint density at radius 1 is 0.968 bits per heavy atom. The molecule has 2 amide bonds. The van der Waals surface area contributed by atoms with Crippen LogP contribution in [0.4, 0.5) is 5.69 Å². The van der Waals surface area contributed by atoms with Gasteiger partial charge in [0.15, 0.2) is 0 Å². The van der Waals surface area contributed by atoms with Crippen molar-refractivity contribution in [3.05, 3.63) is 89.5 Å². The van der Waals surface area contributed by atoms with E-state index in [0.717, 1.165) is 31.4 Å². The summed E-state index contributed by atoms with van der Waals surface area (Å²) in [5.41, 5.74) is 9.23. The van der Waals surface area contributed by atoms with Crippen LogP contribution in [-0.4, -0.2) is 11.8 Å². The smallest absolute Gasteiger partial charge is 0.248 e. The number of nitrogens with one attached hydrogen (secondary N) is 1. The molecular formula is C26H24N2O3. The molecule has 156 valence electrons. The van der Waals surface area contributed by atoms with E-state index in [1.807, 2.05) is 12.1 Å². The van der Waals surface area contributed by atoms with Crippen LogP contribution in [0.3, 0.4) is 0 Å². The highest BCUT2D eigenvalue weighted by atomic mass is 16.5. The lowest BCUT2D eigenvalue weighted by Gasteiger charge is -2.26. The third-order valence-electron chi connectivity index (χ3n) is 6.49. The van der Waals surface area contributed by atoms with Crippen molar-refractivity contribution < 1.29 is 14.3 Å². The number of fused-ring (bicyclic) bond motifs is 2. The molecule has 2 aliphatic carbocycles. The summed E-state index contributed by atoms with van der Waals surface area (Å²) < 4.78 is 5.80. The Balaban J connectivity index is 1.25. The van der Waals surface area contributed by atoms with Crippen LogP contribution >= 0.6 is 0 Å². The van der Waals surface area contributed by atoms with Gasteiger partial charge in [0, 0.05) is 22.6 Å². The summed E-state index contributed by atoms with van der Waals surface area (Å²) >= 11 is 0. The van der Waals surface area contributed by atoms with E-state index in [9.17, 15) is 9.59 Å². The summed E-state index contributed by atoms with van der Waals surface area (Å²) in [5.74, 6) is 0.760. The number of ether oxygens (including phenoxy) is 1. The van der Waals surface area contributed by atoms with Gasteiger partial charge in [-0.3, -0.25) is 9.59 Å². The van der Waals surface area contributed by atoms with Gasteiger partial charge in [0.1, 0.15) is 11.5 Å². The molecule has 31 heavy (non-hydrogen) atoms. The Morgan fingerprint density at radius 3 is 2.58 bits per heavy atom. The lowest BCUT2D eigenvalue weighted by atomic mass is 9.78. The molecule has 1 fully saturated rings. The number of nitrogens with two attached hydrogens (primary N) is 1. The molecular weight excluding hydrogens is 388 g/mol. The molecule has 5 rings (SSSR count). The van der Waals surface area contributed by atoms with Crippen LogP contribution in [0.25, 0.3) is 0 Å². The lowest BCUT2D eigenvalue weighted by molar-refractivity contribution is -0.117. The quantitative estimate of drug-likeness (QED) is 0.631. The minimum absolute atomic E-state index is 0.0213. The molecule has 2 unspecified atom stereocenters. The van der Waals surface area contributed by atoms with Crippen LogP contribution in [0.1, 0.15) is 40.7 Å². The number of hydrogen-bond donors (Lipinski definition) is 2. The van der Waals surface area contributed by atoms with Crippen molar-refractivity contribution in [3.63, 3.8) is 0 Å². The molecule has 0 bridgehead atoms. The molecule has 5 heteroatoms. The molecule has 2 aliphatic rings. The van der Waals surface area contributed by atoms with Crippen molar-refractivity contribution >= 4 is 17.5 Å². The van der Waals surface area contributed by atoms with E-state index in [1.54, 1.807) is 36.4 Å². The molecule has 3 aromatic rings. The highest BCUT2D eigenvalue weighted by molar-refractivity contribution is 5.96. The standard InChI is InChI=1S/C26H24N2O3/c27-24(29)18-6-3-8-21(15-18)31-20-12-10-19(11-13-20)28-25(30)23-16-26(23)14-4-7-17-5-1-2-9-22(17)26/h1-3,5-6,8-13,15,23H,4,7,14,16H2,(H2,27,29)(H,28,30). The Hall–Kier alpha value is -3.60. The van der Waals surface area contributed by atoms with Crippen molar-refractivity contribution in [1.29, 1.82) is 0 Å². The highest BCUT2D eigenvalue weighted by Gasteiger charge is 2.60. The molecule has 3 aromatic carbocycles. The van der Waals surface area contributed by atoms with Crippen LogP contribution in [0.5, 0.6) is 11.5 Å². The van der Waals surface area contributed by atoms with E-state index < -0.39 is 5.91 Å². The first-order valence-electron chi connectivity index (χ1n) is 10.6. The third-order valence-corrected chi connectivity index (χ3v) is 6.49. The summed E-state index contributed by atoms with van der Waals surface area (Å²) in [4.78, 5) is 24.3. The SMILES string of the molecule is NC(=O)c1cccc(Oc2ccc(NC(=O)C3CC34CCCc3ccccc34)cc2)c1. The first-order valence-corrected chi connectivity index (χ1v) is 10.6. The fourth-order valence-electron chi connectivity index (χ4n) is 4.86. The number of rotatable bonds is 5. The Kier molecular flexibility index (Phi) is 4.74. The predicted octanol–water partition coefficient (Wildman–Crippen LogP) is 4.81. The Morgan fingerprint density at radius 2 is 1.77 bits per heavy atom. The molecule has 1 saturated carbocycles. The number of aryl methyl sites for hydroxylation is 1. The van der Waals surface area contributed by atoms with Gasteiger partial charge in [-0.2, -0.15) is 0 Å². The van der Waals surface area contributed by atoms with Crippen molar-refractivity contribution in [2.75, 3.05) is 5.32 Å². The number of carbonyl (C=O) groups is 2. The van der Waals surface area contributed by atoms with E-state index >= 15 is 0 Å². The topological polar surface area (TPSA) is 81.4 Å². The van der Waals surface area contributed by atoms with Gasteiger partial charge in [-0.25, -0.2) is 0 Å². The molecule has 0 aliphatic heterocycles. The van der Waals surface area contributed by atoms with Gasteiger partial charge >= 0.3 is 0 Å². The number of primary amides is 1. The lowest BCUT2D eigenvalue weighted by Crippen LogP contribution is -2.24. The molecule has 0 radical (unpaired) electrons. The summed E-state index contributed by atoms with van der Waals surface area (Å²) in [6.07, 6.45) is 4.26. The van der Waals surface area contributed by atoms with Crippen LogP contribution in [-0.2, 0) is 16.6 Å². The molecule has 3 N–H and O–H groups in total. The zero-order valence-corrected chi connectivity index (χ0v) is 17.1. The van der Waals surface area contributed by atoms with E-state index in [0.29, 0.717) is 17.1 Å². The monoisotopic (exact) mass is 412 g/mol. The van der Waals surface area contributed by atoms with Crippen molar-refractivity contribution in [3.8, 4) is 11.5 Å². The molecule has 1 spiro atoms. The maximum Gasteiger partial charge on any atom is 0.248 e. The Bertz CT molecular complexity index is 1160. The number of anilines is 1. The fraction of sp³-hybridized carbons (Fsp3) is 0.231. The van der Waals surface area contributed by atoms with Gasteiger partial charge in [0.2, 0.25) is 11.8 Å². The van der Waals surface area contributed by atoms with Crippen LogP contribution in [0.15, 0.2) is 72.8 Å². The third kappa shape index (κ3) is 3.67. The Labute approximate surface area is 181 Å². The molecule has 0 saturated heterocycles. The fourth-order valence-corrected chi connectivity index (χ4v) is 4.86. The largest absolute Gasteiger partial charge is 0.457 e. The zero-order valence-electron chi connectivity index (χ0n) is 17.1. The van der Waals surface area contributed by atoms with Gasteiger partial charge in [-0.1, -0.05) is 30.3 Å². The second-order valence-corrected chi connectivity index (χ2v) is 8.43. The summed E-state index contributed by atoms with van der Waals surface area (Å²) in [7, 11) is 0. The van der Waals surface area contributed by atoms with Crippen LogP contribution in [0.2, 0.25) is 0 Å². The van der Waals surface area contributed by atoms with Gasteiger partial charge in [-0.05, 0) is 79.3 Å². The summed E-state index contributed by atoms with van der Waals surface area (Å²) in [5, 5.41) is 3.07. The number of benzene rings is 3. The van der Waals surface area contributed by atoms with Crippen LogP contribution in [0, 0.1) is 5.92 Å². The van der Waals surface area contributed by atoms with Crippen molar-refractivity contribution in [2.45, 2.75) is 31.1 Å². The van der Waals surface area contributed by atoms with Gasteiger partial charge < -0.3 is 15.8 Å². The number of carbonyl (C=O) groups excluding carboxylic acids is 2. The summed E-state index contributed by atoms with van der Waals surface area (Å²) in [6, 6.07) is 22.5. The van der Waals surface area contributed by atoms with Crippen molar-refractivity contribution in [2.24, 2.45) is 11.7 Å². The molecule has 5 nitrogen and oxygen atoms in total. The normalized spacial score (nSPS) is 21.2. The van der Waals surface area contributed by atoms with Gasteiger partial charge in [0.25, 0.3) is 0 Å². The number of hydrogen-bond acceptors (Lipinski definition) is 3. The van der Waals surface area contributed by atoms with E-state index in [2.05, 4.69) is 29.6 Å². The zero-order chi connectivity index (χ0) is 21.4. The maximum atomic E-state index is 12.9. The van der Waals surface area contributed by atoms with Crippen molar-refractivity contribution in [1.82, 2.24) is 0 Å². The first kappa shape index (κ1) is 19.4. The van der Waals surface area contributed by atoms with E-state index in [1.165, 1.54) is 11.1 Å². The predicted molar refractivity (Wildman–Crippen MR) is 119 cm³/mol. The molecule has 0 aromatic heterocycles. The molecule has 2 atom stereocenters. The van der Waals surface area contributed by atoms with E-state index in [4.69, 9.17) is 10.5 Å². The second kappa shape index (κ2) is 7.58. The highest BCUT2D eigenvalue weighted by Crippen LogP contribution is 2.60.